The molecule has 1 N–H and O–H groups in total. The van der Waals surface area contributed by atoms with E-state index in [1.54, 1.807) is 11.8 Å². The third-order valence-corrected chi connectivity index (χ3v) is 5.05. The van der Waals surface area contributed by atoms with Gasteiger partial charge in [-0.3, -0.25) is 9.59 Å². The number of likely N-dealkylation sites (N-methyl/N-ethyl adjacent to an activating group) is 1. The van der Waals surface area contributed by atoms with Gasteiger partial charge in [0, 0.05) is 13.1 Å². The van der Waals surface area contributed by atoms with E-state index in [0.717, 1.165) is 11.1 Å². The maximum Gasteiger partial charge on any atom is 0.261 e. The molecule has 2 rings (SSSR count). The minimum absolute atomic E-state index is 0.0963. The van der Waals surface area contributed by atoms with Gasteiger partial charge in [0.25, 0.3) is 5.91 Å². The quantitative estimate of drug-likeness (QED) is 0.681. The van der Waals surface area contributed by atoms with Gasteiger partial charge in [0.15, 0.2) is 6.61 Å². The van der Waals surface area contributed by atoms with Crippen LogP contribution in [0.15, 0.2) is 54.6 Å². The first-order valence-corrected chi connectivity index (χ1v) is 10.6. The van der Waals surface area contributed by atoms with Crippen molar-refractivity contribution in [3.63, 3.8) is 0 Å². The standard InChI is InChI=1S/C25H34N2O3/c1-6-26-24(29)19(2)27(17-16-20-12-8-7-9-13-20)23(28)18-30-22-15-11-10-14-21(22)25(3,4)5/h7-15,19H,6,16-18H2,1-5H3,(H,26,29). The lowest BCUT2D eigenvalue weighted by Crippen LogP contribution is -2.50. The van der Waals surface area contributed by atoms with Gasteiger partial charge in [-0.05, 0) is 42.9 Å². The highest BCUT2D eigenvalue weighted by Gasteiger charge is 2.26. The molecule has 2 amide bonds. The molecule has 0 aliphatic rings. The van der Waals surface area contributed by atoms with Gasteiger partial charge < -0.3 is 15.0 Å². The Hall–Kier alpha value is -2.82. The highest BCUT2D eigenvalue weighted by Crippen LogP contribution is 2.30. The van der Waals surface area contributed by atoms with Gasteiger partial charge in [0.1, 0.15) is 11.8 Å². The van der Waals surface area contributed by atoms with Crippen molar-refractivity contribution in [1.29, 1.82) is 0 Å². The average molecular weight is 411 g/mol. The van der Waals surface area contributed by atoms with Gasteiger partial charge in [-0.1, -0.05) is 69.3 Å². The molecule has 5 nitrogen and oxygen atoms in total. The van der Waals surface area contributed by atoms with Crippen LogP contribution in [0.1, 0.15) is 45.7 Å². The molecule has 0 heterocycles. The predicted octanol–water partition coefficient (Wildman–Crippen LogP) is 3.96. The molecular weight excluding hydrogens is 376 g/mol. The van der Waals surface area contributed by atoms with Crippen LogP contribution >= 0.6 is 0 Å². The molecule has 30 heavy (non-hydrogen) atoms. The molecule has 5 heteroatoms. The molecule has 1 unspecified atom stereocenters. The third-order valence-electron chi connectivity index (χ3n) is 5.05. The van der Waals surface area contributed by atoms with Crippen molar-refractivity contribution in [2.24, 2.45) is 0 Å². The first-order chi connectivity index (χ1) is 14.2. The topological polar surface area (TPSA) is 58.6 Å². The van der Waals surface area contributed by atoms with E-state index in [1.165, 1.54) is 0 Å². The molecule has 0 saturated carbocycles. The molecule has 2 aromatic carbocycles. The Balaban J connectivity index is 2.13. The molecule has 2 aromatic rings. The lowest BCUT2D eigenvalue weighted by atomic mass is 9.86. The number of amides is 2. The Morgan fingerprint density at radius 2 is 1.67 bits per heavy atom. The van der Waals surface area contributed by atoms with E-state index in [1.807, 2.05) is 61.5 Å². The number of rotatable bonds is 9. The molecule has 162 valence electrons. The van der Waals surface area contributed by atoms with E-state index in [-0.39, 0.29) is 23.8 Å². The second-order valence-corrected chi connectivity index (χ2v) is 8.43. The molecule has 0 aliphatic carbocycles. The zero-order valence-corrected chi connectivity index (χ0v) is 18.8. The Bertz CT molecular complexity index is 828. The first kappa shape index (κ1) is 23.5. The summed E-state index contributed by atoms with van der Waals surface area (Å²) in [6.45, 7) is 10.8. The second kappa shape index (κ2) is 10.8. The largest absolute Gasteiger partial charge is 0.483 e. The summed E-state index contributed by atoms with van der Waals surface area (Å²) in [7, 11) is 0. The summed E-state index contributed by atoms with van der Waals surface area (Å²) in [6, 6.07) is 17.2. The van der Waals surface area contributed by atoms with Crippen LogP contribution < -0.4 is 10.1 Å². The van der Waals surface area contributed by atoms with Crippen molar-refractivity contribution in [1.82, 2.24) is 10.2 Å². The van der Waals surface area contributed by atoms with Crippen molar-refractivity contribution in [3.8, 4) is 5.75 Å². The lowest BCUT2D eigenvalue weighted by Gasteiger charge is -2.29. The van der Waals surface area contributed by atoms with Crippen molar-refractivity contribution in [2.75, 3.05) is 19.7 Å². The zero-order valence-electron chi connectivity index (χ0n) is 18.8. The number of nitrogens with zero attached hydrogens (tertiary/aromatic N) is 1. The van der Waals surface area contributed by atoms with Crippen LogP contribution in [-0.2, 0) is 21.4 Å². The minimum Gasteiger partial charge on any atom is -0.483 e. The van der Waals surface area contributed by atoms with Gasteiger partial charge in [-0.15, -0.1) is 0 Å². The fourth-order valence-corrected chi connectivity index (χ4v) is 3.33. The second-order valence-electron chi connectivity index (χ2n) is 8.43. The van der Waals surface area contributed by atoms with E-state index in [9.17, 15) is 9.59 Å². The molecule has 0 fully saturated rings. The maximum atomic E-state index is 13.1. The molecule has 0 spiro atoms. The van der Waals surface area contributed by atoms with E-state index < -0.39 is 6.04 Å². The molecule has 0 aromatic heterocycles. The Kier molecular flexibility index (Phi) is 8.46. The summed E-state index contributed by atoms with van der Waals surface area (Å²) < 4.78 is 5.93. The molecular formula is C25H34N2O3. The first-order valence-electron chi connectivity index (χ1n) is 10.6. The fraction of sp³-hybridized carbons (Fsp3) is 0.440. The summed E-state index contributed by atoms with van der Waals surface area (Å²) in [5.41, 5.74) is 2.07. The number of carbonyl (C=O) groups excluding carboxylic acids is 2. The summed E-state index contributed by atoms with van der Waals surface area (Å²) in [5, 5.41) is 2.81. The fourth-order valence-electron chi connectivity index (χ4n) is 3.33. The average Bonchev–Trinajstić information content (AvgIpc) is 2.72. The van der Waals surface area contributed by atoms with Crippen LogP contribution in [0.4, 0.5) is 0 Å². The van der Waals surface area contributed by atoms with Gasteiger partial charge in [0.2, 0.25) is 5.91 Å². The van der Waals surface area contributed by atoms with Gasteiger partial charge in [0.05, 0.1) is 0 Å². The van der Waals surface area contributed by atoms with Crippen molar-refractivity contribution in [3.05, 3.63) is 65.7 Å². The lowest BCUT2D eigenvalue weighted by molar-refractivity contribution is -0.141. The summed E-state index contributed by atoms with van der Waals surface area (Å²) in [6.07, 6.45) is 0.675. The Morgan fingerprint density at radius 3 is 2.30 bits per heavy atom. The van der Waals surface area contributed by atoms with Crippen molar-refractivity contribution in [2.45, 2.75) is 52.5 Å². The van der Waals surface area contributed by atoms with E-state index in [4.69, 9.17) is 4.74 Å². The summed E-state index contributed by atoms with van der Waals surface area (Å²) in [4.78, 5) is 27.1. The SMILES string of the molecule is CCNC(=O)C(C)N(CCc1ccccc1)C(=O)COc1ccccc1C(C)(C)C. The van der Waals surface area contributed by atoms with Crippen molar-refractivity contribution >= 4 is 11.8 Å². The van der Waals surface area contributed by atoms with Crippen LogP contribution in [0, 0.1) is 0 Å². The Labute approximate surface area is 180 Å². The van der Waals surface area contributed by atoms with Gasteiger partial charge >= 0.3 is 0 Å². The van der Waals surface area contributed by atoms with E-state index in [0.29, 0.717) is 25.3 Å². The normalized spacial score (nSPS) is 12.2. The molecule has 0 bridgehead atoms. The number of hydrogen-bond donors (Lipinski definition) is 1. The molecule has 1 atom stereocenters. The Morgan fingerprint density at radius 1 is 1.03 bits per heavy atom. The number of benzene rings is 2. The van der Waals surface area contributed by atoms with Crippen LogP contribution in [0.2, 0.25) is 0 Å². The van der Waals surface area contributed by atoms with Gasteiger partial charge in [-0.2, -0.15) is 0 Å². The number of para-hydroxylation sites is 1. The predicted molar refractivity (Wildman–Crippen MR) is 121 cm³/mol. The van der Waals surface area contributed by atoms with E-state index in [2.05, 4.69) is 26.1 Å². The van der Waals surface area contributed by atoms with Gasteiger partial charge in [-0.25, -0.2) is 0 Å². The van der Waals surface area contributed by atoms with Crippen LogP contribution in [0.25, 0.3) is 0 Å². The van der Waals surface area contributed by atoms with Crippen LogP contribution in [0.3, 0.4) is 0 Å². The number of hydrogen-bond acceptors (Lipinski definition) is 3. The molecule has 0 radical (unpaired) electrons. The zero-order chi connectivity index (χ0) is 22.1. The van der Waals surface area contributed by atoms with Crippen LogP contribution in [-0.4, -0.2) is 42.5 Å². The van der Waals surface area contributed by atoms with E-state index >= 15 is 0 Å². The number of carbonyl (C=O) groups is 2. The third kappa shape index (κ3) is 6.61. The minimum atomic E-state index is -0.567. The smallest absolute Gasteiger partial charge is 0.261 e. The molecule has 0 saturated heterocycles. The molecule has 0 aliphatic heterocycles. The number of ether oxygens (including phenoxy) is 1. The summed E-state index contributed by atoms with van der Waals surface area (Å²) >= 11 is 0. The highest BCUT2D eigenvalue weighted by atomic mass is 16.5. The maximum absolute atomic E-state index is 13.1. The number of nitrogens with one attached hydrogen (secondary N) is 1. The van der Waals surface area contributed by atoms with Crippen molar-refractivity contribution < 1.29 is 14.3 Å². The highest BCUT2D eigenvalue weighted by molar-refractivity contribution is 5.87. The monoisotopic (exact) mass is 410 g/mol. The summed E-state index contributed by atoms with van der Waals surface area (Å²) in [5.74, 6) is 0.342. The van der Waals surface area contributed by atoms with Crippen LogP contribution in [0.5, 0.6) is 5.75 Å².